The highest BCUT2D eigenvalue weighted by Gasteiger charge is 2.31. The van der Waals surface area contributed by atoms with Gasteiger partial charge in [-0.15, -0.1) is 0 Å². The first kappa shape index (κ1) is 22.8. The van der Waals surface area contributed by atoms with E-state index in [0.29, 0.717) is 16.9 Å². The Balaban J connectivity index is 1.57. The average molecular weight is 501 g/mol. The number of hydrogen-bond donors (Lipinski definition) is 2. The number of hydrogen-bond acceptors (Lipinski definition) is 6. The Morgan fingerprint density at radius 3 is 2.63 bits per heavy atom. The highest BCUT2D eigenvalue weighted by atomic mass is 32.2. The monoisotopic (exact) mass is 501 g/mol. The fraction of sp³-hybridized carbons (Fsp3) is 0.174. The summed E-state index contributed by atoms with van der Waals surface area (Å²) in [6.07, 6.45) is 4.51. The lowest BCUT2D eigenvalue weighted by Crippen LogP contribution is -2.21. The molecule has 4 aromatic rings. The van der Waals surface area contributed by atoms with Crippen LogP contribution in [0.15, 0.2) is 53.8 Å². The van der Waals surface area contributed by atoms with Crippen molar-refractivity contribution in [1.82, 2.24) is 15.0 Å². The number of H-pyrrole nitrogens is 1. The molecule has 0 aliphatic heterocycles. The van der Waals surface area contributed by atoms with Crippen molar-refractivity contribution in [1.29, 1.82) is 0 Å². The number of sulfonamides is 1. The number of anilines is 2. The molecule has 1 aliphatic rings. The maximum atomic E-state index is 15.4. The molecule has 0 atom stereocenters. The van der Waals surface area contributed by atoms with Gasteiger partial charge in [0, 0.05) is 19.3 Å². The number of fused-ring (bicyclic) bond motifs is 1. The largest absolute Gasteiger partial charge is 0.356 e. The highest BCUT2D eigenvalue weighted by molar-refractivity contribution is 7.92. The molecule has 12 heteroatoms. The van der Waals surface area contributed by atoms with Crippen LogP contribution in [0.25, 0.3) is 11.0 Å². The van der Waals surface area contributed by atoms with Gasteiger partial charge in [-0.05, 0) is 43.2 Å². The van der Waals surface area contributed by atoms with Gasteiger partial charge in [0.05, 0.1) is 27.1 Å². The molecule has 2 aromatic carbocycles. The minimum Gasteiger partial charge on any atom is -0.356 e. The number of nitrogens with zero attached hydrogens (tertiary/aromatic N) is 3. The summed E-state index contributed by atoms with van der Waals surface area (Å²) in [5.41, 5.74) is -1.36. The van der Waals surface area contributed by atoms with E-state index in [1.54, 1.807) is 0 Å². The number of benzene rings is 2. The van der Waals surface area contributed by atoms with E-state index in [9.17, 15) is 22.0 Å². The van der Waals surface area contributed by atoms with E-state index in [-0.39, 0.29) is 11.6 Å². The summed E-state index contributed by atoms with van der Waals surface area (Å²) in [5, 5.41) is 0.302. The molecule has 2 N–H and O–H groups in total. The first-order valence-corrected chi connectivity index (χ1v) is 12.0. The Morgan fingerprint density at radius 1 is 1.14 bits per heavy atom. The second kappa shape index (κ2) is 8.38. The molecule has 1 saturated carbocycles. The molecule has 0 spiro atoms. The molecule has 35 heavy (non-hydrogen) atoms. The van der Waals surface area contributed by atoms with E-state index in [1.165, 1.54) is 18.6 Å². The van der Waals surface area contributed by atoms with Crippen LogP contribution >= 0.6 is 0 Å². The Kier molecular flexibility index (Phi) is 5.47. The van der Waals surface area contributed by atoms with Crippen LogP contribution in [0.4, 0.5) is 24.7 Å². The second-order valence-corrected chi connectivity index (χ2v) is 9.82. The first-order valence-electron chi connectivity index (χ1n) is 10.5. The van der Waals surface area contributed by atoms with Crippen LogP contribution in [-0.4, -0.2) is 42.2 Å². The minimum absolute atomic E-state index is 0.0639. The zero-order chi connectivity index (χ0) is 24.9. The van der Waals surface area contributed by atoms with Crippen molar-refractivity contribution < 1.29 is 26.4 Å². The minimum atomic E-state index is -4.42. The molecule has 0 bridgehead atoms. The summed E-state index contributed by atoms with van der Waals surface area (Å²) in [7, 11) is -2.61. The third-order valence-electron chi connectivity index (χ3n) is 5.79. The van der Waals surface area contributed by atoms with Gasteiger partial charge in [-0.25, -0.2) is 31.6 Å². The standard InChI is InChI=1S/C23H18F3N5O3S/c1-31(13-5-6-13)23-18-15(10-27-22(18)28-11-29-23)21(32)19-16(25)7-8-17(20(19)26)30-35(33,34)14-4-2-3-12(24)9-14/h2-4,7-11,13,30H,5-6H2,1H3,(H,27,28,29). The average Bonchev–Trinajstić information content (AvgIpc) is 3.58. The van der Waals surface area contributed by atoms with Crippen LogP contribution in [0.2, 0.25) is 0 Å². The van der Waals surface area contributed by atoms with Gasteiger partial charge in [-0.3, -0.25) is 9.52 Å². The second-order valence-electron chi connectivity index (χ2n) is 8.14. The number of carbonyl (C=O) groups excluding carboxylic acids is 1. The van der Waals surface area contributed by atoms with Gasteiger partial charge in [0.25, 0.3) is 10.0 Å². The Morgan fingerprint density at radius 2 is 1.91 bits per heavy atom. The lowest BCUT2D eigenvalue weighted by Gasteiger charge is -2.18. The van der Waals surface area contributed by atoms with E-state index in [4.69, 9.17) is 0 Å². The van der Waals surface area contributed by atoms with E-state index in [1.807, 2.05) is 16.7 Å². The van der Waals surface area contributed by atoms with Gasteiger partial charge in [0.2, 0.25) is 5.78 Å². The van der Waals surface area contributed by atoms with Crippen molar-refractivity contribution in [2.45, 2.75) is 23.8 Å². The SMILES string of the molecule is CN(c1ncnc2[nH]cc(C(=O)c3c(F)ccc(NS(=O)(=O)c4cccc(F)c4)c3F)c12)C1CC1. The van der Waals surface area contributed by atoms with Crippen LogP contribution in [0.3, 0.4) is 0 Å². The summed E-state index contributed by atoms with van der Waals surface area (Å²) >= 11 is 0. The summed E-state index contributed by atoms with van der Waals surface area (Å²) in [5.74, 6) is -3.97. The van der Waals surface area contributed by atoms with Crippen molar-refractivity contribution >= 4 is 38.3 Å². The van der Waals surface area contributed by atoms with Gasteiger partial charge in [-0.1, -0.05) is 6.07 Å². The molecule has 0 saturated heterocycles. The first-order chi connectivity index (χ1) is 16.7. The Labute approximate surface area is 197 Å². The lowest BCUT2D eigenvalue weighted by atomic mass is 10.0. The number of aromatic amines is 1. The third-order valence-corrected chi connectivity index (χ3v) is 7.16. The van der Waals surface area contributed by atoms with Crippen molar-refractivity contribution in [2.75, 3.05) is 16.7 Å². The fourth-order valence-electron chi connectivity index (χ4n) is 3.84. The van der Waals surface area contributed by atoms with E-state index < -0.39 is 49.4 Å². The summed E-state index contributed by atoms with van der Waals surface area (Å²) in [4.78, 5) is 26.0. The highest BCUT2D eigenvalue weighted by Crippen LogP contribution is 2.35. The van der Waals surface area contributed by atoms with E-state index >= 15 is 4.39 Å². The number of aromatic nitrogens is 3. The predicted octanol–water partition coefficient (Wildman–Crippen LogP) is 4.01. The van der Waals surface area contributed by atoms with Crippen molar-refractivity contribution in [3.8, 4) is 0 Å². The van der Waals surface area contributed by atoms with E-state index in [2.05, 4.69) is 15.0 Å². The molecule has 8 nitrogen and oxygen atoms in total. The molecular formula is C23H18F3N5O3S. The molecule has 0 radical (unpaired) electrons. The van der Waals surface area contributed by atoms with Crippen molar-refractivity contribution in [3.63, 3.8) is 0 Å². The molecule has 0 amide bonds. The molecular weight excluding hydrogens is 483 g/mol. The molecule has 1 fully saturated rings. The van der Waals surface area contributed by atoms with Gasteiger partial charge in [0.1, 0.15) is 29.4 Å². The van der Waals surface area contributed by atoms with Crippen molar-refractivity contribution in [2.24, 2.45) is 0 Å². The Hall–Kier alpha value is -3.93. The van der Waals surface area contributed by atoms with Crippen LogP contribution in [0, 0.1) is 17.5 Å². The van der Waals surface area contributed by atoms with E-state index in [0.717, 1.165) is 43.2 Å². The van der Waals surface area contributed by atoms with Crippen molar-refractivity contribution in [3.05, 3.63) is 77.5 Å². The zero-order valence-corrected chi connectivity index (χ0v) is 19.0. The number of ketones is 1. The molecule has 2 heterocycles. The number of halogens is 3. The molecule has 2 aromatic heterocycles. The Bertz CT molecular complexity index is 1580. The summed E-state index contributed by atoms with van der Waals surface area (Å²) < 4.78 is 70.8. The molecule has 1 aliphatic carbocycles. The maximum absolute atomic E-state index is 15.4. The smallest absolute Gasteiger partial charge is 0.262 e. The fourth-order valence-corrected chi connectivity index (χ4v) is 4.93. The lowest BCUT2D eigenvalue weighted by molar-refractivity contribution is 0.103. The number of rotatable bonds is 7. The number of nitrogens with one attached hydrogen (secondary N) is 2. The van der Waals surface area contributed by atoms with Gasteiger partial charge in [-0.2, -0.15) is 0 Å². The van der Waals surface area contributed by atoms with Crippen LogP contribution in [0.1, 0.15) is 28.8 Å². The van der Waals surface area contributed by atoms with Gasteiger partial charge in [0.15, 0.2) is 5.82 Å². The topological polar surface area (TPSA) is 108 Å². The molecule has 0 unspecified atom stereocenters. The van der Waals surface area contributed by atoms with Crippen LogP contribution in [-0.2, 0) is 10.0 Å². The molecule has 180 valence electrons. The van der Waals surface area contributed by atoms with Gasteiger partial charge < -0.3 is 9.88 Å². The predicted molar refractivity (Wildman–Crippen MR) is 122 cm³/mol. The van der Waals surface area contributed by atoms with Crippen LogP contribution < -0.4 is 9.62 Å². The van der Waals surface area contributed by atoms with Crippen LogP contribution in [0.5, 0.6) is 0 Å². The summed E-state index contributed by atoms with van der Waals surface area (Å²) in [6, 6.07) is 5.96. The number of carbonyl (C=O) groups is 1. The normalized spacial score (nSPS) is 13.7. The molecule has 5 rings (SSSR count). The van der Waals surface area contributed by atoms with Gasteiger partial charge >= 0.3 is 0 Å². The third kappa shape index (κ3) is 4.09. The summed E-state index contributed by atoms with van der Waals surface area (Å²) in [6.45, 7) is 0. The zero-order valence-electron chi connectivity index (χ0n) is 18.2. The maximum Gasteiger partial charge on any atom is 0.262 e. The quantitative estimate of drug-likeness (QED) is 0.371.